The summed E-state index contributed by atoms with van der Waals surface area (Å²) in [5, 5.41) is 1.84. The summed E-state index contributed by atoms with van der Waals surface area (Å²) in [5.41, 5.74) is 0.804. The summed E-state index contributed by atoms with van der Waals surface area (Å²) in [5.74, 6) is 0.269. The standard InChI is InChI=1S/C16H16O4S/c1-19-14-6-3-2-5-12(14)11-20-16(18)9-8-13(17)15-7-4-10-21-15/h2-7,10H,8-9,11H2,1H3. The molecular formula is C16H16O4S. The first-order valence-corrected chi connectivity index (χ1v) is 7.43. The van der Waals surface area contributed by atoms with E-state index in [2.05, 4.69) is 0 Å². The van der Waals surface area contributed by atoms with E-state index in [9.17, 15) is 9.59 Å². The summed E-state index contributed by atoms with van der Waals surface area (Å²) in [6.07, 6.45) is 0.261. The van der Waals surface area contributed by atoms with Gasteiger partial charge in [0.15, 0.2) is 5.78 Å². The van der Waals surface area contributed by atoms with Crippen LogP contribution in [0.25, 0.3) is 0 Å². The molecule has 0 saturated heterocycles. The highest BCUT2D eigenvalue weighted by atomic mass is 32.1. The van der Waals surface area contributed by atoms with Gasteiger partial charge >= 0.3 is 5.97 Å². The van der Waals surface area contributed by atoms with Gasteiger partial charge in [0.25, 0.3) is 0 Å². The van der Waals surface area contributed by atoms with Crippen molar-refractivity contribution in [2.75, 3.05) is 7.11 Å². The van der Waals surface area contributed by atoms with E-state index in [0.717, 1.165) is 5.56 Å². The summed E-state index contributed by atoms with van der Waals surface area (Å²) in [7, 11) is 1.57. The van der Waals surface area contributed by atoms with Crippen LogP contribution >= 0.6 is 11.3 Å². The number of hydrogen-bond acceptors (Lipinski definition) is 5. The molecule has 0 spiro atoms. The predicted octanol–water partition coefficient (Wildman–Crippen LogP) is 3.46. The Bertz CT molecular complexity index is 604. The molecular weight excluding hydrogens is 288 g/mol. The second kappa shape index (κ2) is 7.59. The van der Waals surface area contributed by atoms with Crippen LogP contribution in [0.15, 0.2) is 41.8 Å². The van der Waals surface area contributed by atoms with Crippen LogP contribution in [0.5, 0.6) is 5.75 Å². The van der Waals surface area contributed by atoms with Gasteiger partial charge in [0.2, 0.25) is 0 Å². The summed E-state index contributed by atoms with van der Waals surface area (Å²) in [6, 6.07) is 10.9. The first kappa shape index (κ1) is 15.3. The number of para-hydroxylation sites is 1. The van der Waals surface area contributed by atoms with Gasteiger partial charge in [-0.3, -0.25) is 9.59 Å². The van der Waals surface area contributed by atoms with E-state index in [1.165, 1.54) is 11.3 Å². The van der Waals surface area contributed by atoms with Crippen LogP contribution in [0.2, 0.25) is 0 Å². The number of benzene rings is 1. The van der Waals surface area contributed by atoms with Gasteiger partial charge in [0.1, 0.15) is 12.4 Å². The van der Waals surface area contributed by atoms with Crippen molar-refractivity contribution in [1.29, 1.82) is 0 Å². The summed E-state index contributed by atoms with van der Waals surface area (Å²) in [4.78, 5) is 24.1. The van der Waals surface area contributed by atoms with Crippen LogP contribution in [0.1, 0.15) is 28.1 Å². The average molecular weight is 304 g/mol. The van der Waals surface area contributed by atoms with Crippen molar-refractivity contribution in [2.45, 2.75) is 19.4 Å². The highest BCUT2D eigenvalue weighted by molar-refractivity contribution is 7.12. The van der Waals surface area contributed by atoms with E-state index in [1.54, 1.807) is 13.2 Å². The number of carbonyl (C=O) groups is 2. The van der Waals surface area contributed by atoms with E-state index in [-0.39, 0.29) is 31.2 Å². The van der Waals surface area contributed by atoms with Crippen LogP contribution in [0.4, 0.5) is 0 Å². The molecule has 4 nitrogen and oxygen atoms in total. The Morgan fingerprint density at radius 1 is 1.10 bits per heavy atom. The molecule has 21 heavy (non-hydrogen) atoms. The van der Waals surface area contributed by atoms with Gasteiger partial charge in [-0.1, -0.05) is 24.3 Å². The largest absolute Gasteiger partial charge is 0.496 e. The van der Waals surface area contributed by atoms with Crippen LogP contribution in [-0.2, 0) is 16.1 Å². The second-order valence-electron chi connectivity index (χ2n) is 4.37. The molecule has 1 heterocycles. The topological polar surface area (TPSA) is 52.6 Å². The molecule has 1 aromatic heterocycles. The first-order valence-electron chi connectivity index (χ1n) is 6.55. The highest BCUT2D eigenvalue weighted by Crippen LogP contribution is 2.18. The molecule has 0 unspecified atom stereocenters. The number of thiophene rings is 1. The van der Waals surface area contributed by atoms with Crippen LogP contribution in [0.3, 0.4) is 0 Å². The summed E-state index contributed by atoms with van der Waals surface area (Å²) < 4.78 is 10.4. The summed E-state index contributed by atoms with van der Waals surface area (Å²) >= 11 is 1.38. The Kier molecular flexibility index (Phi) is 5.51. The van der Waals surface area contributed by atoms with Gasteiger partial charge in [0, 0.05) is 12.0 Å². The molecule has 0 N–H and O–H groups in total. The zero-order chi connectivity index (χ0) is 15.1. The fourth-order valence-electron chi connectivity index (χ4n) is 1.83. The van der Waals surface area contributed by atoms with Crippen LogP contribution < -0.4 is 4.74 Å². The SMILES string of the molecule is COc1ccccc1COC(=O)CCC(=O)c1cccs1. The smallest absolute Gasteiger partial charge is 0.306 e. The van der Waals surface area contributed by atoms with Gasteiger partial charge in [-0.05, 0) is 17.5 Å². The molecule has 0 radical (unpaired) electrons. The zero-order valence-corrected chi connectivity index (χ0v) is 12.5. The van der Waals surface area contributed by atoms with Gasteiger partial charge < -0.3 is 9.47 Å². The number of carbonyl (C=O) groups excluding carboxylic acids is 2. The van der Waals surface area contributed by atoms with Gasteiger partial charge in [-0.2, -0.15) is 0 Å². The number of esters is 1. The quantitative estimate of drug-likeness (QED) is 0.580. The molecule has 110 valence electrons. The second-order valence-corrected chi connectivity index (χ2v) is 5.32. The fourth-order valence-corrected chi connectivity index (χ4v) is 2.52. The molecule has 2 rings (SSSR count). The molecule has 0 aliphatic carbocycles. The Balaban J connectivity index is 1.78. The highest BCUT2D eigenvalue weighted by Gasteiger charge is 2.12. The normalized spacial score (nSPS) is 10.1. The third-order valence-corrected chi connectivity index (χ3v) is 3.84. The molecule has 0 fully saturated rings. The van der Waals surface area contributed by atoms with E-state index in [0.29, 0.717) is 10.6 Å². The van der Waals surface area contributed by atoms with Crippen molar-refractivity contribution >= 4 is 23.1 Å². The zero-order valence-electron chi connectivity index (χ0n) is 11.7. The molecule has 0 aliphatic rings. The van der Waals surface area contributed by atoms with Gasteiger partial charge in [0.05, 0.1) is 18.4 Å². The molecule has 0 aliphatic heterocycles. The number of ether oxygens (including phenoxy) is 2. The van der Waals surface area contributed by atoms with Crippen molar-refractivity contribution < 1.29 is 19.1 Å². The van der Waals surface area contributed by atoms with Crippen molar-refractivity contribution in [3.63, 3.8) is 0 Å². The number of rotatable bonds is 7. The average Bonchev–Trinajstić information content (AvgIpc) is 3.05. The number of methoxy groups -OCH3 is 1. The molecule has 0 saturated carbocycles. The van der Waals surface area contributed by atoms with Crippen molar-refractivity contribution in [1.82, 2.24) is 0 Å². The lowest BCUT2D eigenvalue weighted by molar-refractivity contribution is -0.144. The maximum absolute atomic E-state index is 11.8. The minimum absolute atomic E-state index is 0.0285. The van der Waals surface area contributed by atoms with Gasteiger partial charge in [-0.25, -0.2) is 0 Å². The third kappa shape index (κ3) is 4.43. The van der Waals surface area contributed by atoms with E-state index in [4.69, 9.17) is 9.47 Å². The lowest BCUT2D eigenvalue weighted by atomic mass is 10.2. The van der Waals surface area contributed by atoms with Crippen LogP contribution in [0, 0.1) is 0 Å². The lowest BCUT2D eigenvalue weighted by Gasteiger charge is -2.08. The van der Waals surface area contributed by atoms with Crippen molar-refractivity contribution in [3.05, 3.63) is 52.2 Å². The van der Waals surface area contributed by atoms with Crippen molar-refractivity contribution in [2.24, 2.45) is 0 Å². The Hall–Kier alpha value is -2.14. The minimum atomic E-state index is -0.384. The van der Waals surface area contributed by atoms with Crippen LogP contribution in [-0.4, -0.2) is 18.9 Å². The Morgan fingerprint density at radius 2 is 1.90 bits per heavy atom. The number of ketones is 1. The molecule has 0 bridgehead atoms. The predicted molar refractivity (Wildman–Crippen MR) is 80.7 cm³/mol. The Morgan fingerprint density at radius 3 is 2.62 bits per heavy atom. The maximum Gasteiger partial charge on any atom is 0.306 e. The van der Waals surface area contributed by atoms with E-state index < -0.39 is 0 Å². The number of hydrogen-bond donors (Lipinski definition) is 0. The van der Waals surface area contributed by atoms with E-state index >= 15 is 0 Å². The lowest BCUT2D eigenvalue weighted by Crippen LogP contribution is -2.08. The van der Waals surface area contributed by atoms with Gasteiger partial charge in [-0.15, -0.1) is 11.3 Å². The first-order chi connectivity index (χ1) is 10.2. The minimum Gasteiger partial charge on any atom is -0.496 e. The molecule has 0 amide bonds. The maximum atomic E-state index is 11.8. The third-order valence-electron chi connectivity index (χ3n) is 2.93. The molecule has 2 aromatic rings. The molecule has 1 aromatic carbocycles. The van der Waals surface area contributed by atoms with Crippen molar-refractivity contribution in [3.8, 4) is 5.75 Å². The molecule has 0 atom stereocenters. The molecule has 5 heteroatoms. The number of Topliss-reactive ketones (excluding diaryl/α,β-unsaturated/α-hetero) is 1. The monoisotopic (exact) mass is 304 g/mol. The fraction of sp³-hybridized carbons (Fsp3) is 0.250. The Labute approximate surface area is 127 Å². The summed E-state index contributed by atoms with van der Waals surface area (Å²) in [6.45, 7) is 0.149. The van der Waals surface area contributed by atoms with E-state index in [1.807, 2.05) is 35.7 Å².